The van der Waals surface area contributed by atoms with Gasteiger partial charge in [-0.2, -0.15) is 0 Å². The number of carbonyl (C=O) groups excluding carboxylic acids is 1. The highest BCUT2D eigenvalue weighted by Crippen LogP contribution is 2.12. The molecule has 6 heteroatoms. The number of amides is 2. The average molecular weight is 358 g/mol. The number of carbonyl (C=O) groups is 1. The van der Waals surface area contributed by atoms with E-state index >= 15 is 0 Å². The van der Waals surface area contributed by atoms with Crippen molar-refractivity contribution < 1.29 is 18.3 Å². The standard InChI is InChI=1S/C20H20F2N2O2/c1-2-11-26-19-5-3-15(4-6-19)7-9-23-20(25)24-10-8-16-12-17(21)14-18(22)13-16/h1,3-6,12-14H,7-11H2,(H2,23,24,25). The zero-order valence-corrected chi connectivity index (χ0v) is 14.2. The maximum absolute atomic E-state index is 13.1. The molecule has 136 valence electrons. The van der Waals surface area contributed by atoms with E-state index in [0.717, 1.165) is 11.6 Å². The first kappa shape index (κ1) is 19.3. The molecule has 0 bridgehead atoms. The van der Waals surface area contributed by atoms with Crippen LogP contribution in [0.2, 0.25) is 0 Å². The Hall–Kier alpha value is -3.07. The molecular formula is C20H20F2N2O2. The Bertz CT molecular complexity index is 750. The van der Waals surface area contributed by atoms with E-state index in [9.17, 15) is 13.6 Å². The number of nitrogens with one attached hydrogen (secondary N) is 2. The van der Waals surface area contributed by atoms with Crippen LogP contribution in [0.25, 0.3) is 0 Å². The summed E-state index contributed by atoms with van der Waals surface area (Å²) in [4.78, 5) is 11.7. The van der Waals surface area contributed by atoms with Crippen LogP contribution < -0.4 is 15.4 Å². The third-order valence-corrected chi connectivity index (χ3v) is 3.57. The van der Waals surface area contributed by atoms with Gasteiger partial charge in [0.1, 0.15) is 24.0 Å². The Morgan fingerprint density at radius 2 is 1.54 bits per heavy atom. The molecule has 26 heavy (non-hydrogen) atoms. The molecule has 2 amide bonds. The van der Waals surface area contributed by atoms with E-state index in [1.807, 2.05) is 24.3 Å². The third kappa shape index (κ3) is 6.81. The number of hydrogen-bond donors (Lipinski definition) is 2. The van der Waals surface area contributed by atoms with Crippen molar-refractivity contribution in [3.63, 3.8) is 0 Å². The topological polar surface area (TPSA) is 50.4 Å². The third-order valence-electron chi connectivity index (χ3n) is 3.57. The fourth-order valence-electron chi connectivity index (χ4n) is 2.34. The molecule has 2 aromatic carbocycles. The zero-order chi connectivity index (χ0) is 18.8. The summed E-state index contributed by atoms with van der Waals surface area (Å²) < 4.78 is 31.4. The number of rotatable bonds is 8. The summed E-state index contributed by atoms with van der Waals surface area (Å²) in [5, 5.41) is 5.39. The molecule has 0 fully saturated rings. The number of terminal acetylenes is 1. The molecule has 0 aliphatic heterocycles. The van der Waals surface area contributed by atoms with Gasteiger partial charge in [-0.1, -0.05) is 18.1 Å². The van der Waals surface area contributed by atoms with Crippen molar-refractivity contribution in [3.05, 3.63) is 65.2 Å². The lowest BCUT2D eigenvalue weighted by Gasteiger charge is -2.08. The van der Waals surface area contributed by atoms with Gasteiger partial charge >= 0.3 is 6.03 Å². The first-order valence-electron chi connectivity index (χ1n) is 8.18. The van der Waals surface area contributed by atoms with Crippen molar-refractivity contribution in [2.24, 2.45) is 0 Å². The van der Waals surface area contributed by atoms with Crippen molar-refractivity contribution in [1.29, 1.82) is 0 Å². The highest BCUT2D eigenvalue weighted by atomic mass is 19.1. The molecule has 2 rings (SSSR count). The summed E-state index contributed by atoms with van der Waals surface area (Å²) >= 11 is 0. The molecule has 0 saturated carbocycles. The lowest BCUT2D eigenvalue weighted by molar-refractivity contribution is 0.241. The van der Waals surface area contributed by atoms with Crippen molar-refractivity contribution in [3.8, 4) is 18.1 Å². The lowest BCUT2D eigenvalue weighted by atomic mass is 10.1. The molecule has 0 spiro atoms. The first-order valence-corrected chi connectivity index (χ1v) is 8.18. The average Bonchev–Trinajstić information content (AvgIpc) is 2.60. The molecule has 0 aliphatic rings. The van der Waals surface area contributed by atoms with E-state index < -0.39 is 11.6 Å². The minimum Gasteiger partial charge on any atom is -0.481 e. The summed E-state index contributed by atoms with van der Waals surface area (Å²) in [6.45, 7) is 0.976. The van der Waals surface area contributed by atoms with Gasteiger partial charge in [0, 0.05) is 19.2 Å². The van der Waals surface area contributed by atoms with Crippen LogP contribution in [0.1, 0.15) is 11.1 Å². The van der Waals surface area contributed by atoms with Gasteiger partial charge in [0.15, 0.2) is 0 Å². The molecule has 2 N–H and O–H groups in total. The Balaban J connectivity index is 1.65. The van der Waals surface area contributed by atoms with Crippen LogP contribution >= 0.6 is 0 Å². The number of halogens is 2. The smallest absolute Gasteiger partial charge is 0.314 e. The van der Waals surface area contributed by atoms with E-state index in [4.69, 9.17) is 11.2 Å². The van der Waals surface area contributed by atoms with Crippen molar-refractivity contribution in [2.45, 2.75) is 12.8 Å². The minimum absolute atomic E-state index is 0.226. The Labute approximate surface area is 151 Å². The van der Waals surface area contributed by atoms with E-state index in [1.165, 1.54) is 12.1 Å². The van der Waals surface area contributed by atoms with Gasteiger partial charge in [-0.25, -0.2) is 13.6 Å². The van der Waals surface area contributed by atoms with Crippen LogP contribution in [0, 0.1) is 24.0 Å². The van der Waals surface area contributed by atoms with Crippen LogP contribution in [-0.4, -0.2) is 25.7 Å². The summed E-state index contributed by atoms with van der Waals surface area (Å²) in [5.41, 5.74) is 1.54. The number of benzene rings is 2. The zero-order valence-electron chi connectivity index (χ0n) is 14.2. The van der Waals surface area contributed by atoms with E-state index in [-0.39, 0.29) is 19.2 Å². The Kier molecular flexibility index (Phi) is 7.44. The highest BCUT2D eigenvalue weighted by molar-refractivity contribution is 5.73. The molecule has 0 unspecified atom stereocenters. The second kappa shape index (κ2) is 10.0. The largest absolute Gasteiger partial charge is 0.481 e. The van der Waals surface area contributed by atoms with E-state index in [2.05, 4.69) is 16.6 Å². The van der Waals surface area contributed by atoms with Gasteiger partial charge in [-0.05, 0) is 48.2 Å². The Morgan fingerprint density at radius 1 is 0.962 bits per heavy atom. The monoisotopic (exact) mass is 358 g/mol. The van der Waals surface area contributed by atoms with E-state index in [1.54, 1.807) is 0 Å². The second-order valence-electron chi connectivity index (χ2n) is 5.60. The predicted octanol–water partition coefficient (Wildman–Crippen LogP) is 3.06. The van der Waals surface area contributed by atoms with Crippen LogP contribution in [0.15, 0.2) is 42.5 Å². The van der Waals surface area contributed by atoms with Crippen LogP contribution in [0.3, 0.4) is 0 Å². The molecule has 0 atom stereocenters. The quantitative estimate of drug-likeness (QED) is 0.713. The van der Waals surface area contributed by atoms with Gasteiger partial charge in [0.2, 0.25) is 0 Å². The summed E-state index contributed by atoms with van der Waals surface area (Å²) in [6.07, 6.45) is 6.14. The molecule has 0 saturated heterocycles. The van der Waals surface area contributed by atoms with Gasteiger partial charge < -0.3 is 15.4 Å². The maximum Gasteiger partial charge on any atom is 0.314 e. The van der Waals surface area contributed by atoms with Gasteiger partial charge in [-0.3, -0.25) is 0 Å². The second-order valence-corrected chi connectivity index (χ2v) is 5.60. The molecule has 0 heterocycles. The first-order chi connectivity index (χ1) is 12.6. The van der Waals surface area contributed by atoms with Gasteiger partial charge in [0.25, 0.3) is 0 Å². The minimum atomic E-state index is -0.625. The molecule has 0 aliphatic carbocycles. The number of hydrogen-bond acceptors (Lipinski definition) is 2. The van der Waals surface area contributed by atoms with Crippen molar-refractivity contribution in [1.82, 2.24) is 10.6 Å². The van der Waals surface area contributed by atoms with Gasteiger partial charge in [-0.15, -0.1) is 6.42 Å². The summed E-state index contributed by atoms with van der Waals surface area (Å²) in [5.74, 6) is 1.85. The molecule has 0 aromatic heterocycles. The molecule has 4 nitrogen and oxygen atoms in total. The van der Waals surface area contributed by atoms with Crippen LogP contribution in [-0.2, 0) is 12.8 Å². The number of urea groups is 1. The van der Waals surface area contributed by atoms with Crippen molar-refractivity contribution in [2.75, 3.05) is 19.7 Å². The van der Waals surface area contributed by atoms with E-state index in [0.29, 0.717) is 30.7 Å². The van der Waals surface area contributed by atoms with Crippen molar-refractivity contribution >= 4 is 6.03 Å². The fraction of sp³-hybridized carbons (Fsp3) is 0.250. The predicted molar refractivity (Wildman–Crippen MR) is 95.9 cm³/mol. The summed E-state index contributed by atoms with van der Waals surface area (Å²) in [6, 6.07) is 10.5. The van der Waals surface area contributed by atoms with Gasteiger partial charge in [0.05, 0.1) is 0 Å². The number of ether oxygens (including phenoxy) is 1. The highest BCUT2D eigenvalue weighted by Gasteiger charge is 2.03. The molecule has 2 aromatic rings. The van der Waals surface area contributed by atoms with Crippen LogP contribution in [0.5, 0.6) is 5.75 Å². The normalized spacial score (nSPS) is 10.0. The van der Waals surface area contributed by atoms with Crippen LogP contribution in [0.4, 0.5) is 13.6 Å². The fourth-order valence-corrected chi connectivity index (χ4v) is 2.34. The molecule has 0 radical (unpaired) electrons. The SMILES string of the molecule is C#CCOc1ccc(CCNC(=O)NCCc2cc(F)cc(F)c2)cc1. The molecular weight excluding hydrogens is 338 g/mol. The summed E-state index contributed by atoms with van der Waals surface area (Å²) in [7, 11) is 0. The Morgan fingerprint density at radius 3 is 2.12 bits per heavy atom. The lowest BCUT2D eigenvalue weighted by Crippen LogP contribution is -2.37. The maximum atomic E-state index is 13.1.